The van der Waals surface area contributed by atoms with Crippen LogP contribution in [0.1, 0.15) is 37.9 Å². The lowest BCUT2D eigenvalue weighted by Crippen LogP contribution is -2.34. The van der Waals surface area contributed by atoms with E-state index in [0.29, 0.717) is 29.4 Å². The molecule has 2 aromatic rings. The van der Waals surface area contributed by atoms with Crippen LogP contribution in [0.3, 0.4) is 0 Å². The van der Waals surface area contributed by atoms with Gasteiger partial charge in [0.05, 0.1) is 30.5 Å². The fourth-order valence-electron chi connectivity index (χ4n) is 4.02. The molecule has 2 heterocycles. The van der Waals surface area contributed by atoms with E-state index in [-0.39, 0.29) is 19.1 Å². The average molecular weight is 508 g/mol. The van der Waals surface area contributed by atoms with Crippen LogP contribution in [0.4, 0.5) is 5.69 Å². The zero-order valence-electron chi connectivity index (χ0n) is 20.7. The standard InChI is InChI=1S/C27H29N3O5S/c1-5-33-22-15-19(11-12-21(22)35-16-23(31)29-20-10-8-7-9-17(20)3)25-24(26(32)34-6-2)18(4)28-27-30(25)13-14-36-27/h7-15,25H,5-6,16H2,1-4H3,(H,29,31)/t25-/m1/s1. The normalized spacial score (nSPS) is 16.4. The summed E-state index contributed by atoms with van der Waals surface area (Å²) in [4.78, 5) is 31.9. The van der Waals surface area contributed by atoms with E-state index in [2.05, 4.69) is 10.3 Å². The number of benzene rings is 2. The molecular formula is C27H29N3O5S. The third-order valence-corrected chi connectivity index (χ3v) is 6.45. The molecule has 1 N–H and O–H groups in total. The van der Waals surface area contributed by atoms with Gasteiger partial charge in [-0.15, -0.1) is 0 Å². The molecule has 1 atom stereocenters. The summed E-state index contributed by atoms with van der Waals surface area (Å²) in [6.07, 6.45) is 1.90. The number of aryl methyl sites for hydroxylation is 1. The third-order valence-electron chi connectivity index (χ3n) is 5.68. The summed E-state index contributed by atoms with van der Waals surface area (Å²) in [5, 5.41) is 5.58. The van der Waals surface area contributed by atoms with Crippen molar-refractivity contribution < 1.29 is 23.8 Å². The lowest BCUT2D eigenvalue weighted by molar-refractivity contribution is -0.139. The van der Waals surface area contributed by atoms with E-state index < -0.39 is 12.0 Å². The second-order valence-corrected chi connectivity index (χ2v) is 8.99. The number of amidine groups is 1. The number of carbonyl (C=O) groups is 2. The van der Waals surface area contributed by atoms with Crippen molar-refractivity contribution >= 4 is 34.5 Å². The number of esters is 1. The van der Waals surface area contributed by atoms with E-state index in [1.165, 1.54) is 11.8 Å². The minimum atomic E-state index is -0.430. The molecule has 0 bridgehead atoms. The number of amides is 1. The summed E-state index contributed by atoms with van der Waals surface area (Å²) in [5.41, 5.74) is 3.62. The number of hydrogen-bond acceptors (Lipinski definition) is 8. The van der Waals surface area contributed by atoms with Gasteiger partial charge in [0.2, 0.25) is 0 Å². The molecule has 2 aromatic carbocycles. The largest absolute Gasteiger partial charge is 0.490 e. The first-order valence-electron chi connectivity index (χ1n) is 11.8. The Morgan fingerprint density at radius 3 is 2.61 bits per heavy atom. The van der Waals surface area contributed by atoms with Crippen molar-refractivity contribution in [3.05, 3.63) is 76.5 Å². The SMILES string of the molecule is CCOC(=O)C1=C(C)N=C2SC=CN2[C@@H]1c1ccc(OCC(=O)Nc2ccccc2C)c(OCC)c1. The monoisotopic (exact) mass is 507 g/mol. The Morgan fingerprint density at radius 2 is 1.86 bits per heavy atom. The maximum Gasteiger partial charge on any atom is 0.338 e. The maximum atomic E-state index is 12.9. The molecule has 0 aliphatic carbocycles. The summed E-state index contributed by atoms with van der Waals surface area (Å²) in [6.45, 7) is 7.90. The summed E-state index contributed by atoms with van der Waals surface area (Å²) in [7, 11) is 0. The Balaban J connectivity index is 1.59. The van der Waals surface area contributed by atoms with Gasteiger partial charge < -0.3 is 24.4 Å². The van der Waals surface area contributed by atoms with Crippen LogP contribution in [0.15, 0.2) is 70.3 Å². The van der Waals surface area contributed by atoms with Gasteiger partial charge in [0.25, 0.3) is 5.91 Å². The van der Waals surface area contributed by atoms with Crippen molar-refractivity contribution in [3.8, 4) is 11.5 Å². The first-order chi connectivity index (χ1) is 17.4. The van der Waals surface area contributed by atoms with E-state index in [1.54, 1.807) is 13.0 Å². The predicted molar refractivity (Wildman–Crippen MR) is 141 cm³/mol. The Labute approximate surface area is 215 Å². The Bertz CT molecular complexity index is 1250. The third kappa shape index (κ3) is 5.41. The van der Waals surface area contributed by atoms with E-state index in [1.807, 2.05) is 73.7 Å². The lowest BCUT2D eigenvalue weighted by Gasteiger charge is -2.33. The lowest BCUT2D eigenvalue weighted by atomic mass is 9.94. The average Bonchev–Trinajstić information content (AvgIpc) is 3.32. The molecule has 1 amide bonds. The molecule has 4 rings (SSSR count). The van der Waals surface area contributed by atoms with Gasteiger partial charge in [-0.1, -0.05) is 36.0 Å². The zero-order valence-corrected chi connectivity index (χ0v) is 21.6. The smallest absolute Gasteiger partial charge is 0.338 e. The van der Waals surface area contributed by atoms with Crippen LogP contribution in [0.25, 0.3) is 0 Å². The van der Waals surface area contributed by atoms with Crippen LogP contribution in [-0.2, 0) is 14.3 Å². The van der Waals surface area contributed by atoms with E-state index >= 15 is 0 Å². The van der Waals surface area contributed by atoms with Gasteiger partial charge in [-0.3, -0.25) is 4.79 Å². The molecule has 2 aliphatic heterocycles. The highest BCUT2D eigenvalue weighted by atomic mass is 32.2. The van der Waals surface area contributed by atoms with E-state index in [4.69, 9.17) is 14.2 Å². The van der Waals surface area contributed by atoms with Crippen molar-refractivity contribution in [2.75, 3.05) is 25.1 Å². The van der Waals surface area contributed by atoms with E-state index in [9.17, 15) is 9.59 Å². The number of ether oxygens (including phenoxy) is 3. The van der Waals surface area contributed by atoms with Gasteiger partial charge in [-0.25, -0.2) is 9.79 Å². The number of allylic oxidation sites excluding steroid dienone is 1. The fourth-order valence-corrected chi connectivity index (χ4v) is 4.81. The quantitative estimate of drug-likeness (QED) is 0.468. The van der Waals surface area contributed by atoms with Crippen LogP contribution in [-0.4, -0.2) is 41.8 Å². The fraction of sp³-hybridized carbons (Fsp3) is 0.296. The first kappa shape index (κ1) is 25.4. The number of carbonyl (C=O) groups excluding carboxylic acids is 2. The van der Waals surface area contributed by atoms with Crippen molar-refractivity contribution in [1.29, 1.82) is 0 Å². The summed E-state index contributed by atoms with van der Waals surface area (Å²) in [5.74, 6) is 0.250. The second kappa shape index (κ2) is 11.3. The maximum absolute atomic E-state index is 12.9. The first-order valence-corrected chi connectivity index (χ1v) is 12.6. The second-order valence-electron chi connectivity index (χ2n) is 8.12. The van der Waals surface area contributed by atoms with Gasteiger partial charge in [-0.2, -0.15) is 0 Å². The molecule has 0 radical (unpaired) electrons. The minimum absolute atomic E-state index is 0.174. The van der Waals surface area contributed by atoms with Crippen LogP contribution in [0.2, 0.25) is 0 Å². The molecular weight excluding hydrogens is 478 g/mol. The number of hydrogen-bond donors (Lipinski definition) is 1. The minimum Gasteiger partial charge on any atom is -0.490 e. The molecule has 0 unspecified atom stereocenters. The van der Waals surface area contributed by atoms with Gasteiger partial charge in [0.1, 0.15) is 0 Å². The number of nitrogens with one attached hydrogen (secondary N) is 1. The van der Waals surface area contributed by atoms with Crippen molar-refractivity contribution in [3.63, 3.8) is 0 Å². The zero-order chi connectivity index (χ0) is 25.7. The molecule has 0 saturated carbocycles. The Morgan fingerprint density at radius 1 is 1.06 bits per heavy atom. The van der Waals surface area contributed by atoms with Gasteiger partial charge in [0, 0.05) is 11.9 Å². The Hall–Kier alpha value is -3.72. The highest BCUT2D eigenvalue weighted by Crippen LogP contribution is 2.43. The molecule has 9 heteroatoms. The van der Waals surface area contributed by atoms with Crippen LogP contribution in [0.5, 0.6) is 11.5 Å². The number of aliphatic imine (C=N–C) groups is 1. The van der Waals surface area contributed by atoms with Crippen molar-refractivity contribution in [2.45, 2.75) is 33.7 Å². The van der Waals surface area contributed by atoms with Crippen LogP contribution < -0.4 is 14.8 Å². The molecule has 8 nitrogen and oxygen atoms in total. The van der Waals surface area contributed by atoms with Crippen LogP contribution >= 0.6 is 11.8 Å². The van der Waals surface area contributed by atoms with Crippen molar-refractivity contribution in [2.24, 2.45) is 4.99 Å². The number of anilines is 1. The number of fused-ring (bicyclic) bond motifs is 1. The molecule has 188 valence electrons. The molecule has 0 aromatic heterocycles. The summed E-state index contributed by atoms with van der Waals surface area (Å²) >= 11 is 1.49. The molecule has 0 fully saturated rings. The highest BCUT2D eigenvalue weighted by Gasteiger charge is 2.37. The summed E-state index contributed by atoms with van der Waals surface area (Å²) in [6, 6.07) is 12.6. The number of thioether (sulfide) groups is 1. The molecule has 2 aliphatic rings. The van der Waals surface area contributed by atoms with E-state index in [0.717, 1.165) is 22.0 Å². The number of rotatable bonds is 9. The summed E-state index contributed by atoms with van der Waals surface area (Å²) < 4.78 is 17.0. The highest BCUT2D eigenvalue weighted by molar-refractivity contribution is 8.16. The Kier molecular flexibility index (Phi) is 8.00. The topological polar surface area (TPSA) is 89.5 Å². The molecule has 36 heavy (non-hydrogen) atoms. The molecule has 0 saturated heterocycles. The predicted octanol–water partition coefficient (Wildman–Crippen LogP) is 5.18. The van der Waals surface area contributed by atoms with Crippen molar-refractivity contribution in [1.82, 2.24) is 4.90 Å². The van der Waals surface area contributed by atoms with Crippen LogP contribution in [0, 0.1) is 6.92 Å². The van der Waals surface area contributed by atoms with Gasteiger partial charge in [-0.05, 0) is 62.4 Å². The van der Waals surface area contributed by atoms with Gasteiger partial charge in [0.15, 0.2) is 23.3 Å². The number of para-hydroxylation sites is 1. The number of nitrogens with zero attached hydrogens (tertiary/aromatic N) is 2. The van der Waals surface area contributed by atoms with Gasteiger partial charge >= 0.3 is 5.97 Å². The molecule has 0 spiro atoms.